The number of carbonyl (C=O) groups excluding carboxylic acids is 1. The molecule has 2 heterocycles. The summed E-state index contributed by atoms with van der Waals surface area (Å²) >= 11 is 0. The Balaban J connectivity index is 0.000000319. The van der Waals surface area contributed by atoms with Crippen molar-refractivity contribution in [1.29, 1.82) is 0 Å². The molecule has 1 aliphatic carbocycles. The fourth-order valence-electron chi connectivity index (χ4n) is 6.40. The molecule has 0 saturated heterocycles. The second-order valence-electron chi connectivity index (χ2n) is 13.6. The van der Waals surface area contributed by atoms with Crippen LogP contribution in [0.3, 0.4) is 0 Å². The number of hydrogen-bond donors (Lipinski definition) is 1. The van der Waals surface area contributed by atoms with E-state index in [0.717, 1.165) is 56.8 Å². The van der Waals surface area contributed by atoms with E-state index in [1.807, 2.05) is 64.1 Å². The summed E-state index contributed by atoms with van der Waals surface area (Å²) in [7, 11) is 0. The molecule has 5 aromatic rings. The number of nitrogens with zero attached hydrogens (tertiary/aromatic N) is 1. The SMILES string of the molecule is CC(C)CC(=O)/C=C(\O)CC(C)C.FC(F)(F)CCc1ccc2c(-c3[c-]c(C4CCCC4)cc4c3oc3ccccc34)nccc2c1.[Ir]. The van der Waals surface area contributed by atoms with Gasteiger partial charge in [-0.15, -0.1) is 17.7 Å². The van der Waals surface area contributed by atoms with E-state index in [2.05, 4.69) is 18.2 Å². The van der Waals surface area contributed by atoms with E-state index in [4.69, 9.17) is 9.40 Å². The summed E-state index contributed by atoms with van der Waals surface area (Å²) in [5, 5.41) is 13.2. The van der Waals surface area contributed by atoms with Crippen molar-refractivity contribution in [3.63, 3.8) is 0 Å². The minimum atomic E-state index is -4.17. The second-order valence-corrected chi connectivity index (χ2v) is 13.6. The van der Waals surface area contributed by atoms with Gasteiger partial charge in [0.15, 0.2) is 5.78 Å². The van der Waals surface area contributed by atoms with Crippen LogP contribution in [0.1, 0.15) is 89.7 Å². The average Bonchev–Trinajstić information content (AvgIpc) is 3.67. The number of furan rings is 1. The van der Waals surface area contributed by atoms with Crippen molar-refractivity contribution in [1.82, 2.24) is 4.98 Å². The van der Waals surface area contributed by atoms with Gasteiger partial charge in [0.25, 0.3) is 0 Å². The molecule has 1 N–H and O–H groups in total. The number of rotatable bonds is 9. The van der Waals surface area contributed by atoms with Crippen molar-refractivity contribution >= 4 is 38.5 Å². The van der Waals surface area contributed by atoms with Crippen LogP contribution < -0.4 is 0 Å². The van der Waals surface area contributed by atoms with Crippen LogP contribution in [0, 0.1) is 17.9 Å². The molecule has 4 nitrogen and oxygen atoms in total. The topological polar surface area (TPSA) is 63.3 Å². The number of alkyl halides is 3. The Labute approximate surface area is 294 Å². The molecule has 0 aliphatic heterocycles. The molecule has 1 saturated carbocycles. The number of allylic oxidation sites excluding steroid dienone is 2. The maximum atomic E-state index is 12.7. The van der Waals surface area contributed by atoms with E-state index in [1.165, 1.54) is 24.5 Å². The first-order valence-electron chi connectivity index (χ1n) is 16.6. The molecule has 6 rings (SSSR count). The third-order valence-electron chi connectivity index (χ3n) is 8.54. The van der Waals surface area contributed by atoms with Crippen LogP contribution >= 0.6 is 0 Å². The molecule has 48 heavy (non-hydrogen) atoms. The predicted molar refractivity (Wildman–Crippen MR) is 184 cm³/mol. The Morgan fingerprint density at radius 1 is 0.979 bits per heavy atom. The van der Waals surface area contributed by atoms with Crippen LogP contribution in [0.15, 0.2) is 77.0 Å². The van der Waals surface area contributed by atoms with Crippen LogP contribution in [-0.4, -0.2) is 22.1 Å². The van der Waals surface area contributed by atoms with Crippen molar-refractivity contribution in [3.8, 4) is 11.3 Å². The number of aryl methyl sites for hydroxylation is 1. The van der Waals surface area contributed by atoms with Crippen molar-refractivity contribution in [2.45, 2.75) is 91.2 Å². The third-order valence-corrected chi connectivity index (χ3v) is 8.54. The molecule has 1 radical (unpaired) electrons. The van der Waals surface area contributed by atoms with Crippen LogP contribution in [-0.2, 0) is 31.3 Å². The van der Waals surface area contributed by atoms with E-state index in [-0.39, 0.29) is 38.1 Å². The van der Waals surface area contributed by atoms with Gasteiger partial charge in [0.05, 0.1) is 11.3 Å². The summed E-state index contributed by atoms with van der Waals surface area (Å²) < 4.78 is 44.5. The summed E-state index contributed by atoms with van der Waals surface area (Å²) in [4.78, 5) is 15.9. The Kier molecular flexibility index (Phi) is 12.7. The molecule has 3 aromatic carbocycles. The number of pyridine rings is 1. The van der Waals surface area contributed by atoms with Crippen LogP contribution in [0.2, 0.25) is 0 Å². The van der Waals surface area contributed by atoms with Gasteiger partial charge in [-0.3, -0.25) is 4.79 Å². The zero-order valence-electron chi connectivity index (χ0n) is 27.9. The molecule has 1 aliphatic rings. The average molecular weight is 835 g/mol. The van der Waals surface area contributed by atoms with E-state index < -0.39 is 12.6 Å². The predicted octanol–water partition coefficient (Wildman–Crippen LogP) is 11.8. The first-order valence-corrected chi connectivity index (χ1v) is 16.6. The van der Waals surface area contributed by atoms with Crippen molar-refractivity contribution < 1.29 is 47.6 Å². The van der Waals surface area contributed by atoms with Crippen molar-refractivity contribution in [2.24, 2.45) is 11.8 Å². The van der Waals surface area contributed by atoms with Crippen LogP contribution in [0.25, 0.3) is 44.0 Å². The van der Waals surface area contributed by atoms with Gasteiger partial charge < -0.3 is 14.5 Å². The number of hydrogen-bond acceptors (Lipinski definition) is 4. The molecule has 257 valence electrons. The standard InChI is InChI=1S/C29H23F3NO.C11H20O2.Ir/c30-29(31,32)13-11-18-9-10-22-20(15-18)12-14-33-27(22)25-17-21(19-5-1-2-6-19)16-24-23-7-3-4-8-26(23)34-28(24)25;1-8(2)5-10(12)7-11(13)6-9(3)4;/h3-4,7-10,12,14-16,19H,1-2,5-6,11,13H2;7-9,12H,5-6H2,1-4H3;/q-1;;/b;10-7-;. The normalized spacial score (nSPS) is 14.1. The van der Waals surface area contributed by atoms with Gasteiger partial charge in [-0.25, -0.2) is 0 Å². The monoisotopic (exact) mass is 835 g/mol. The number of ketones is 1. The molecule has 0 bridgehead atoms. The van der Waals surface area contributed by atoms with Gasteiger partial charge in [-0.1, -0.05) is 87.9 Å². The first kappa shape index (κ1) is 37.3. The minimum Gasteiger partial charge on any atom is -0.512 e. The summed E-state index contributed by atoms with van der Waals surface area (Å²) in [6, 6.07) is 21.2. The molecule has 0 unspecified atom stereocenters. The fraction of sp³-hybridized carbons (Fsp3) is 0.400. The van der Waals surface area contributed by atoms with Crippen LogP contribution in [0.4, 0.5) is 13.2 Å². The largest absolute Gasteiger partial charge is 0.512 e. The maximum absolute atomic E-state index is 12.7. The summed E-state index contributed by atoms with van der Waals surface area (Å²) in [5.41, 5.74) is 5.01. The number of benzene rings is 3. The number of fused-ring (bicyclic) bond motifs is 4. The maximum Gasteiger partial charge on any atom is 0.389 e. The van der Waals surface area contributed by atoms with Gasteiger partial charge in [-0.05, 0) is 71.2 Å². The number of halogens is 3. The summed E-state index contributed by atoms with van der Waals surface area (Å²) in [5.74, 6) is 1.45. The number of aromatic nitrogens is 1. The summed E-state index contributed by atoms with van der Waals surface area (Å²) in [6.45, 7) is 8.00. The van der Waals surface area contributed by atoms with Gasteiger partial charge in [0, 0.05) is 57.0 Å². The molecule has 8 heteroatoms. The first-order chi connectivity index (χ1) is 22.4. The molecule has 2 aromatic heterocycles. The second kappa shape index (κ2) is 16.3. The van der Waals surface area contributed by atoms with Crippen molar-refractivity contribution in [3.05, 3.63) is 89.8 Å². The van der Waals surface area contributed by atoms with E-state index in [0.29, 0.717) is 36.2 Å². The van der Waals surface area contributed by atoms with E-state index in [1.54, 1.807) is 12.3 Å². The Hall–Kier alpha value is -3.48. The zero-order chi connectivity index (χ0) is 33.7. The Morgan fingerprint density at radius 2 is 1.69 bits per heavy atom. The molecular weight excluding hydrogens is 792 g/mol. The number of aliphatic hydroxyl groups is 1. The van der Waals surface area contributed by atoms with E-state index in [9.17, 15) is 23.1 Å². The number of aliphatic hydroxyl groups excluding tert-OH is 1. The Morgan fingerprint density at radius 3 is 2.38 bits per heavy atom. The van der Waals surface area contributed by atoms with E-state index >= 15 is 0 Å². The Bertz CT molecular complexity index is 1880. The summed E-state index contributed by atoms with van der Waals surface area (Å²) in [6.07, 6.45) is 3.92. The number of carbonyl (C=O) groups is 1. The van der Waals surface area contributed by atoms with Gasteiger partial charge >= 0.3 is 6.18 Å². The van der Waals surface area contributed by atoms with Gasteiger partial charge in [0.1, 0.15) is 5.58 Å². The fourth-order valence-corrected chi connectivity index (χ4v) is 6.40. The quantitative estimate of drug-likeness (QED) is 0.0913. The van der Waals surface area contributed by atoms with Crippen molar-refractivity contribution in [2.75, 3.05) is 0 Å². The molecule has 1 fully saturated rings. The number of para-hydroxylation sites is 1. The smallest absolute Gasteiger partial charge is 0.389 e. The van der Waals surface area contributed by atoms with Gasteiger partial charge in [-0.2, -0.15) is 13.2 Å². The molecule has 0 amide bonds. The zero-order valence-corrected chi connectivity index (χ0v) is 30.3. The molecule has 0 atom stereocenters. The van der Waals surface area contributed by atoms with Gasteiger partial charge in [0.2, 0.25) is 0 Å². The molecule has 0 spiro atoms. The third kappa shape index (κ3) is 9.57. The molecular formula is C40H43F3IrNO3-. The minimum absolute atomic E-state index is 0. The van der Waals surface area contributed by atoms with Crippen LogP contribution in [0.5, 0.6) is 0 Å².